The fourth-order valence-corrected chi connectivity index (χ4v) is 2.54. The third kappa shape index (κ3) is 3.80. The van der Waals surface area contributed by atoms with Crippen molar-refractivity contribution in [2.24, 2.45) is 5.92 Å². The lowest BCUT2D eigenvalue weighted by Gasteiger charge is -2.20. The van der Waals surface area contributed by atoms with Crippen LogP contribution in [0.25, 0.3) is 0 Å². The number of benzene rings is 1. The van der Waals surface area contributed by atoms with E-state index in [1.165, 1.54) is 5.56 Å². The molecule has 1 unspecified atom stereocenters. The van der Waals surface area contributed by atoms with Crippen LogP contribution in [0, 0.1) is 5.92 Å². The maximum Gasteiger partial charge on any atom is 0.123 e. The molecule has 0 aliphatic carbocycles. The first-order valence-corrected chi connectivity index (χ1v) is 6.72. The summed E-state index contributed by atoms with van der Waals surface area (Å²) < 4.78 is 5.32. The average molecular weight is 286 g/mol. The molecule has 0 aromatic heterocycles. The Morgan fingerprint density at radius 2 is 2.00 bits per heavy atom. The van der Waals surface area contributed by atoms with Crippen LogP contribution in [-0.4, -0.2) is 18.5 Å². The maximum atomic E-state index is 5.32. The zero-order chi connectivity index (χ0) is 12.0. The van der Waals surface area contributed by atoms with Gasteiger partial charge in [0.05, 0.1) is 7.11 Å². The number of halogens is 1. The number of rotatable bonds is 6. The van der Waals surface area contributed by atoms with Crippen molar-refractivity contribution in [3.8, 4) is 5.75 Å². The van der Waals surface area contributed by atoms with Gasteiger partial charge in [-0.3, -0.25) is 0 Å². The minimum atomic E-state index is 0.491. The molecule has 0 saturated carbocycles. The molecule has 2 nitrogen and oxygen atoms in total. The standard InChI is InChI=1S/C13H20BrNO/c1-10(2)12(8-14)15-9-11-6-4-5-7-13(11)16-3/h4-7,10,12,15H,8-9H2,1-3H3. The average Bonchev–Trinajstić information content (AvgIpc) is 2.30. The zero-order valence-corrected chi connectivity index (χ0v) is 11.8. The molecule has 0 heterocycles. The van der Waals surface area contributed by atoms with Crippen LogP contribution >= 0.6 is 15.9 Å². The summed E-state index contributed by atoms with van der Waals surface area (Å²) in [5, 5.41) is 4.51. The highest BCUT2D eigenvalue weighted by molar-refractivity contribution is 9.09. The highest BCUT2D eigenvalue weighted by Crippen LogP contribution is 2.17. The topological polar surface area (TPSA) is 21.3 Å². The molecule has 0 radical (unpaired) electrons. The van der Waals surface area contributed by atoms with Crippen molar-refractivity contribution in [2.75, 3.05) is 12.4 Å². The smallest absolute Gasteiger partial charge is 0.123 e. The highest BCUT2D eigenvalue weighted by Gasteiger charge is 2.11. The van der Waals surface area contributed by atoms with Gasteiger partial charge in [-0.05, 0) is 12.0 Å². The number of para-hydroxylation sites is 1. The van der Waals surface area contributed by atoms with E-state index in [9.17, 15) is 0 Å². The summed E-state index contributed by atoms with van der Waals surface area (Å²) in [4.78, 5) is 0. The molecule has 0 fully saturated rings. The largest absolute Gasteiger partial charge is 0.496 e. The number of ether oxygens (including phenoxy) is 1. The molecule has 0 spiro atoms. The SMILES string of the molecule is COc1ccccc1CNC(CBr)C(C)C. The third-order valence-corrected chi connectivity index (χ3v) is 3.42. The fourth-order valence-electron chi connectivity index (χ4n) is 1.56. The number of alkyl halides is 1. The van der Waals surface area contributed by atoms with Gasteiger partial charge in [0.2, 0.25) is 0 Å². The Hall–Kier alpha value is -0.540. The third-order valence-electron chi connectivity index (χ3n) is 2.72. The van der Waals surface area contributed by atoms with Gasteiger partial charge in [0.1, 0.15) is 5.75 Å². The summed E-state index contributed by atoms with van der Waals surface area (Å²) in [6.45, 7) is 5.29. The van der Waals surface area contributed by atoms with Crippen molar-refractivity contribution in [3.63, 3.8) is 0 Å². The molecule has 0 bridgehead atoms. The number of methoxy groups -OCH3 is 1. The molecule has 16 heavy (non-hydrogen) atoms. The van der Waals surface area contributed by atoms with Crippen molar-refractivity contribution in [1.29, 1.82) is 0 Å². The lowest BCUT2D eigenvalue weighted by atomic mass is 10.1. The van der Waals surface area contributed by atoms with E-state index in [4.69, 9.17) is 4.74 Å². The molecule has 0 saturated heterocycles. The van der Waals surface area contributed by atoms with E-state index >= 15 is 0 Å². The van der Waals surface area contributed by atoms with Crippen molar-refractivity contribution >= 4 is 15.9 Å². The van der Waals surface area contributed by atoms with Crippen LogP contribution in [0.4, 0.5) is 0 Å². The number of hydrogen-bond acceptors (Lipinski definition) is 2. The van der Waals surface area contributed by atoms with Gasteiger partial charge in [-0.2, -0.15) is 0 Å². The lowest BCUT2D eigenvalue weighted by molar-refractivity contribution is 0.397. The summed E-state index contributed by atoms with van der Waals surface area (Å²) in [6, 6.07) is 8.61. The summed E-state index contributed by atoms with van der Waals surface area (Å²) >= 11 is 3.53. The quantitative estimate of drug-likeness (QED) is 0.811. The Morgan fingerprint density at radius 3 is 2.56 bits per heavy atom. The summed E-state index contributed by atoms with van der Waals surface area (Å²) in [5.74, 6) is 1.57. The Balaban J connectivity index is 2.59. The van der Waals surface area contributed by atoms with Crippen molar-refractivity contribution < 1.29 is 4.74 Å². The van der Waals surface area contributed by atoms with E-state index in [0.29, 0.717) is 12.0 Å². The number of nitrogens with one attached hydrogen (secondary N) is 1. The highest BCUT2D eigenvalue weighted by atomic mass is 79.9. The minimum Gasteiger partial charge on any atom is -0.496 e. The zero-order valence-electron chi connectivity index (χ0n) is 10.2. The first kappa shape index (κ1) is 13.5. The molecular weight excluding hydrogens is 266 g/mol. The second-order valence-corrected chi connectivity index (χ2v) is 4.85. The van der Waals surface area contributed by atoms with Gasteiger partial charge in [-0.25, -0.2) is 0 Å². The predicted molar refractivity (Wildman–Crippen MR) is 72.3 cm³/mol. The fraction of sp³-hybridized carbons (Fsp3) is 0.538. The second kappa shape index (κ2) is 6.92. The van der Waals surface area contributed by atoms with Crippen molar-refractivity contribution in [2.45, 2.75) is 26.4 Å². The molecule has 0 aliphatic heterocycles. The van der Waals surface area contributed by atoms with Crippen LogP contribution in [0.2, 0.25) is 0 Å². The minimum absolute atomic E-state index is 0.491. The van der Waals surface area contributed by atoms with E-state index in [1.807, 2.05) is 18.2 Å². The van der Waals surface area contributed by atoms with Crippen LogP contribution in [-0.2, 0) is 6.54 Å². The molecule has 1 aromatic carbocycles. The molecule has 3 heteroatoms. The van der Waals surface area contributed by atoms with Crippen molar-refractivity contribution in [3.05, 3.63) is 29.8 Å². The molecule has 1 aromatic rings. The Kier molecular flexibility index (Phi) is 5.85. The molecule has 0 amide bonds. The summed E-state index contributed by atoms with van der Waals surface area (Å²) in [6.07, 6.45) is 0. The van der Waals surface area contributed by atoms with E-state index in [-0.39, 0.29) is 0 Å². The van der Waals surface area contributed by atoms with E-state index in [0.717, 1.165) is 17.6 Å². The maximum absolute atomic E-state index is 5.32. The van der Waals surface area contributed by atoms with Crippen LogP contribution in [0.5, 0.6) is 5.75 Å². The first-order valence-electron chi connectivity index (χ1n) is 5.60. The van der Waals surface area contributed by atoms with Gasteiger partial charge in [0.15, 0.2) is 0 Å². The monoisotopic (exact) mass is 285 g/mol. The first-order chi connectivity index (χ1) is 7.69. The van der Waals surface area contributed by atoms with Crippen LogP contribution in [0.3, 0.4) is 0 Å². The summed E-state index contributed by atoms with van der Waals surface area (Å²) in [7, 11) is 1.71. The molecule has 1 N–H and O–H groups in total. The second-order valence-electron chi connectivity index (χ2n) is 4.20. The normalized spacial score (nSPS) is 12.8. The van der Waals surface area contributed by atoms with Crippen LogP contribution in [0.15, 0.2) is 24.3 Å². The molecule has 1 rings (SSSR count). The van der Waals surface area contributed by atoms with Gasteiger partial charge < -0.3 is 10.1 Å². The number of hydrogen-bond donors (Lipinski definition) is 1. The van der Waals surface area contributed by atoms with E-state index in [1.54, 1.807) is 7.11 Å². The molecular formula is C13H20BrNO. The van der Waals surface area contributed by atoms with Gasteiger partial charge >= 0.3 is 0 Å². The van der Waals surface area contributed by atoms with Gasteiger partial charge in [-0.1, -0.05) is 48.0 Å². The van der Waals surface area contributed by atoms with Crippen LogP contribution in [0.1, 0.15) is 19.4 Å². The Labute approximate surface area is 107 Å². The van der Waals surface area contributed by atoms with Gasteiger partial charge in [0, 0.05) is 23.5 Å². The van der Waals surface area contributed by atoms with Gasteiger partial charge in [-0.15, -0.1) is 0 Å². The lowest BCUT2D eigenvalue weighted by Crippen LogP contribution is -2.34. The summed E-state index contributed by atoms with van der Waals surface area (Å²) in [5.41, 5.74) is 1.21. The van der Waals surface area contributed by atoms with E-state index < -0.39 is 0 Å². The molecule has 0 aliphatic rings. The molecule has 90 valence electrons. The predicted octanol–water partition coefficient (Wildman–Crippen LogP) is 3.20. The van der Waals surface area contributed by atoms with E-state index in [2.05, 4.69) is 41.2 Å². The van der Waals surface area contributed by atoms with Crippen LogP contribution < -0.4 is 10.1 Å². The molecule has 1 atom stereocenters. The van der Waals surface area contributed by atoms with Crippen molar-refractivity contribution in [1.82, 2.24) is 5.32 Å². The van der Waals surface area contributed by atoms with Gasteiger partial charge in [0.25, 0.3) is 0 Å². The Morgan fingerprint density at radius 1 is 1.31 bits per heavy atom. The Bertz CT molecular complexity index is 315.